The molecular formula is C16H31NO2. The van der Waals surface area contributed by atoms with Gasteiger partial charge < -0.3 is 10.5 Å². The second-order valence-electron chi connectivity index (χ2n) is 5.95. The Bertz CT molecular complexity index is 245. The van der Waals surface area contributed by atoms with Gasteiger partial charge in [-0.1, -0.05) is 58.3 Å². The zero-order valence-corrected chi connectivity index (χ0v) is 12.6. The molecule has 0 aromatic heterocycles. The van der Waals surface area contributed by atoms with Crippen LogP contribution in [0.1, 0.15) is 77.6 Å². The average molecular weight is 269 g/mol. The van der Waals surface area contributed by atoms with Gasteiger partial charge in [0, 0.05) is 6.54 Å². The summed E-state index contributed by atoms with van der Waals surface area (Å²) in [7, 11) is 0. The Morgan fingerprint density at radius 3 is 2.26 bits per heavy atom. The molecule has 3 nitrogen and oxygen atoms in total. The molecule has 0 saturated heterocycles. The molecule has 3 heteroatoms. The van der Waals surface area contributed by atoms with Crippen molar-refractivity contribution in [3.8, 4) is 0 Å². The molecule has 1 aliphatic rings. The molecule has 19 heavy (non-hydrogen) atoms. The fourth-order valence-electron chi connectivity index (χ4n) is 2.92. The smallest absolute Gasteiger partial charge is 0.313 e. The summed E-state index contributed by atoms with van der Waals surface area (Å²) in [6, 6.07) is 0. The average Bonchev–Trinajstić information content (AvgIpc) is 2.68. The van der Waals surface area contributed by atoms with Gasteiger partial charge in [-0.25, -0.2) is 0 Å². The lowest BCUT2D eigenvalue weighted by Crippen LogP contribution is -2.39. The molecule has 1 fully saturated rings. The van der Waals surface area contributed by atoms with Gasteiger partial charge in [0.2, 0.25) is 0 Å². The van der Waals surface area contributed by atoms with Crippen LogP contribution in [-0.2, 0) is 9.53 Å². The highest BCUT2D eigenvalue weighted by Gasteiger charge is 2.38. The van der Waals surface area contributed by atoms with E-state index in [2.05, 4.69) is 6.92 Å². The zero-order valence-electron chi connectivity index (χ0n) is 12.6. The largest absolute Gasteiger partial charge is 0.465 e. The van der Waals surface area contributed by atoms with Crippen molar-refractivity contribution in [3.05, 3.63) is 0 Å². The molecule has 1 saturated carbocycles. The highest BCUT2D eigenvalue weighted by atomic mass is 16.5. The lowest BCUT2D eigenvalue weighted by atomic mass is 9.80. The fraction of sp³-hybridized carbons (Fsp3) is 0.938. The third-order valence-corrected chi connectivity index (χ3v) is 4.37. The van der Waals surface area contributed by atoms with Crippen molar-refractivity contribution >= 4 is 5.97 Å². The van der Waals surface area contributed by atoms with Crippen LogP contribution in [0, 0.1) is 5.41 Å². The molecule has 0 bridgehead atoms. The number of unbranched alkanes of at least 4 members (excludes halogenated alkanes) is 4. The lowest BCUT2D eigenvalue weighted by molar-refractivity contribution is -0.156. The van der Waals surface area contributed by atoms with E-state index in [1.807, 2.05) is 0 Å². The molecular weight excluding hydrogens is 238 g/mol. The first-order chi connectivity index (χ1) is 9.25. The van der Waals surface area contributed by atoms with E-state index in [1.54, 1.807) is 0 Å². The van der Waals surface area contributed by atoms with Crippen LogP contribution < -0.4 is 5.73 Å². The molecule has 0 heterocycles. The van der Waals surface area contributed by atoms with E-state index < -0.39 is 0 Å². The lowest BCUT2D eigenvalue weighted by Gasteiger charge is -2.28. The first-order valence-corrected chi connectivity index (χ1v) is 8.12. The van der Waals surface area contributed by atoms with Crippen LogP contribution in [0.5, 0.6) is 0 Å². The summed E-state index contributed by atoms with van der Waals surface area (Å²) < 4.78 is 5.49. The van der Waals surface area contributed by atoms with Crippen molar-refractivity contribution in [2.45, 2.75) is 77.6 Å². The van der Waals surface area contributed by atoms with E-state index in [-0.39, 0.29) is 11.4 Å². The van der Waals surface area contributed by atoms with Crippen LogP contribution in [0.25, 0.3) is 0 Å². The highest BCUT2D eigenvalue weighted by molar-refractivity contribution is 5.77. The van der Waals surface area contributed by atoms with E-state index in [0.717, 1.165) is 38.5 Å². The van der Waals surface area contributed by atoms with Gasteiger partial charge in [0.05, 0.1) is 12.0 Å². The van der Waals surface area contributed by atoms with Crippen molar-refractivity contribution in [1.82, 2.24) is 0 Å². The van der Waals surface area contributed by atoms with Crippen LogP contribution in [0.15, 0.2) is 0 Å². The van der Waals surface area contributed by atoms with Gasteiger partial charge in [-0.2, -0.15) is 0 Å². The number of esters is 1. The molecule has 0 unspecified atom stereocenters. The molecule has 0 atom stereocenters. The van der Waals surface area contributed by atoms with E-state index in [9.17, 15) is 4.79 Å². The Morgan fingerprint density at radius 1 is 1.05 bits per heavy atom. The Labute approximate surface area is 118 Å². The van der Waals surface area contributed by atoms with Crippen molar-refractivity contribution in [1.29, 1.82) is 0 Å². The van der Waals surface area contributed by atoms with Gasteiger partial charge in [0.25, 0.3) is 0 Å². The van der Waals surface area contributed by atoms with Gasteiger partial charge in [-0.05, 0) is 19.3 Å². The molecule has 112 valence electrons. The van der Waals surface area contributed by atoms with E-state index in [1.165, 1.54) is 32.1 Å². The molecule has 0 radical (unpaired) electrons. The van der Waals surface area contributed by atoms with Crippen LogP contribution in [0.2, 0.25) is 0 Å². The third kappa shape index (κ3) is 5.52. The van der Waals surface area contributed by atoms with Crippen LogP contribution >= 0.6 is 0 Å². The number of nitrogens with two attached hydrogens (primary N) is 1. The summed E-state index contributed by atoms with van der Waals surface area (Å²) in [5, 5.41) is 0. The molecule has 0 spiro atoms. The van der Waals surface area contributed by atoms with Gasteiger partial charge >= 0.3 is 5.97 Å². The third-order valence-electron chi connectivity index (χ3n) is 4.37. The molecule has 0 aromatic carbocycles. The van der Waals surface area contributed by atoms with Crippen molar-refractivity contribution in [3.63, 3.8) is 0 Å². The van der Waals surface area contributed by atoms with E-state index in [4.69, 9.17) is 10.5 Å². The summed E-state index contributed by atoms with van der Waals surface area (Å²) >= 11 is 0. The van der Waals surface area contributed by atoms with Crippen molar-refractivity contribution in [2.24, 2.45) is 11.1 Å². The maximum absolute atomic E-state index is 12.3. The number of carbonyl (C=O) groups is 1. The minimum Gasteiger partial charge on any atom is -0.465 e. The molecule has 1 aliphatic carbocycles. The van der Waals surface area contributed by atoms with E-state index in [0.29, 0.717) is 13.2 Å². The molecule has 0 amide bonds. The number of ether oxygens (including phenoxy) is 1. The summed E-state index contributed by atoms with van der Waals surface area (Å²) in [6.45, 7) is 3.23. The summed E-state index contributed by atoms with van der Waals surface area (Å²) in [5.41, 5.74) is 5.50. The number of rotatable bonds is 8. The minimum absolute atomic E-state index is 0.0348. The number of hydrogen-bond acceptors (Lipinski definition) is 3. The number of hydrogen-bond donors (Lipinski definition) is 1. The maximum atomic E-state index is 12.3. The Kier molecular flexibility index (Phi) is 8.11. The zero-order chi connectivity index (χ0) is 14.0. The van der Waals surface area contributed by atoms with Crippen molar-refractivity contribution < 1.29 is 9.53 Å². The summed E-state index contributed by atoms with van der Waals surface area (Å²) in [5.74, 6) is -0.0348. The SMILES string of the molecule is CCCCCCCOC(=O)C1(CN)CCCCCC1. The van der Waals surface area contributed by atoms with Crippen LogP contribution in [-0.4, -0.2) is 19.1 Å². The molecule has 0 aromatic rings. The van der Waals surface area contributed by atoms with Gasteiger partial charge in [-0.15, -0.1) is 0 Å². The summed E-state index contributed by atoms with van der Waals surface area (Å²) in [4.78, 5) is 12.3. The van der Waals surface area contributed by atoms with Crippen molar-refractivity contribution in [2.75, 3.05) is 13.2 Å². The normalized spacial score (nSPS) is 18.8. The second-order valence-corrected chi connectivity index (χ2v) is 5.95. The van der Waals surface area contributed by atoms with Gasteiger partial charge in [-0.3, -0.25) is 4.79 Å². The van der Waals surface area contributed by atoms with Gasteiger partial charge in [0.1, 0.15) is 0 Å². The predicted octanol–water partition coefficient (Wildman–Crippen LogP) is 3.80. The topological polar surface area (TPSA) is 52.3 Å². The van der Waals surface area contributed by atoms with E-state index >= 15 is 0 Å². The Morgan fingerprint density at radius 2 is 1.68 bits per heavy atom. The van der Waals surface area contributed by atoms with Crippen LogP contribution in [0.3, 0.4) is 0 Å². The Balaban J connectivity index is 2.28. The van der Waals surface area contributed by atoms with Crippen LogP contribution in [0.4, 0.5) is 0 Å². The molecule has 1 rings (SSSR count). The first-order valence-electron chi connectivity index (χ1n) is 8.12. The maximum Gasteiger partial charge on any atom is 0.313 e. The second kappa shape index (κ2) is 9.35. The summed E-state index contributed by atoms with van der Waals surface area (Å²) in [6.07, 6.45) is 12.4. The number of carbonyl (C=O) groups excluding carboxylic acids is 1. The first kappa shape index (κ1) is 16.5. The quantitative estimate of drug-likeness (QED) is 0.414. The minimum atomic E-state index is -0.375. The predicted molar refractivity (Wildman–Crippen MR) is 78.9 cm³/mol. The van der Waals surface area contributed by atoms with Gasteiger partial charge in [0.15, 0.2) is 0 Å². The fourth-order valence-corrected chi connectivity index (χ4v) is 2.92. The molecule has 2 N–H and O–H groups in total. The Hall–Kier alpha value is -0.570. The monoisotopic (exact) mass is 269 g/mol. The highest BCUT2D eigenvalue weighted by Crippen LogP contribution is 2.35. The molecule has 0 aliphatic heterocycles. The standard InChI is InChI=1S/C16H31NO2/c1-2-3-4-7-10-13-19-15(18)16(14-17)11-8-5-6-9-12-16/h2-14,17H2,1H3.